The predicted octanol–water partition coefficient (Wildman–Crippen LogP) is 16.6. The van der Waals surface area contributed by atoms with Crippen LogP contribution in [0.15, 0.2) is 72.9 Å². The molecule has 0 aromatic carbocycles. The van der Waals surface area contributed by atoms with Crippen LogP contribution in [0.1, 0.15) is 239 Å². The van der Waals surface area contributed by atoms with Gasteiger partial charge in [-0.05, 0) is 89.9 Å². The van der Waals surface area contributed by atoms with Gasteiger partial charge in [-0.1, -0.05) is 203 Å². The van der Waals surface area contributed by atoms with Crippen molar-refractivity contribution in [1.82, 2.24) is 0 Å². The van der Waals surface area contributed by atoms with Gasteiger partial charge in [-0.2, -0.15) is 0 Å². The molecule has 1 unspecified atom stereocenters. The fourth-order valence-electron chi connectivity index (χ4n) is 6.82. The highest BCUT2D eigenvalue weighted by atomic mass is 16.6. The van der Waals surface area contributed by atoms with Crippen LogP contribution in [0.4, 0.5) is 0 Å². The first-order chi connectivity index (χ1) is 30.0. The highest BCUT2D eigenvalue weighted by Gasteiger charge is 2.19. The number of ether oxygens (including phenoxy) is 3. The van der Waals surface area contributed by atoms with Gasteiger partial charge in [-0.25, -0.2) is 0 Å². The summed E-state index contributed by atoms with van der Waals surface area (Å²) < 4.78 is 16.7. The summed E-state index contributed by atoms with van der Waals surface area (Å²) in [5.74, 6) is -0.964. The van der Waals surface area contributed by atoms with E-state index in [4.69, 9.17) is 14.2 Å². The lowest BCUT2D eigenvalue weighted by Crippen LogP contribution is -2.30. The number of allylic oxidation sites excluding steroid dienone is 12. The minimum Gasteiger partial charge on any atom is -0.462 e. The third-order valence-electron chi connectivity index (χ3n) is 10.7. The molecule has 0 aliphatic carbocycles. The zero-order valence-electron chi connectivity index (χ0n) is 39.9. The Balaban J connectivity index is 4.43. The van der Waals surface area contributed by atoms with E-state index < -0.39 is 6.10 Å². The quantitative estimate of drug-likeness (QED) is 0.0263. The molecular formula is C55H94O6. The molecule has 0 spiro atoms. The lowest BCUT2D eigenvalue weighted by molar-refractivity contribution is -0.167. The second-order valence-electron chi connectivity index (χ2n) is 16.7. The van der Waals surface area contributed by atoms with E-state index in [-0.39, 0.29) is 37.5 Å². The maximum Gasteiger partial charge on any atom is 0.306 e. The van der Waals surface area contributed by atoms with Gasteiger partial charge in [0.05, 0.1) is 0 Å². The second kappa shape index (κ2) is 49.5. The average Bonchev–Trinajstić information content (AvgIpc) is 3.26. The second-order valence-corrected chi connectivity index (χ2v) is 16.7. The van der Waals surface area contributed by atoms with Crippen LogP contribution in [0.2, 0.25) is 0 Å². The standard InChI is InChI=1S/C55H94O6/c1-4-7-10-13-16-19-21-23-25-27-29-31-33-36-39-42-45-48-54(57)60-51-52(50-59-53(56)47-44-41-38-35-18-15-12-9-6-3)61-55(58)49-46-43-40-37-34-32-30-28-26-24-22-20-17-14-11-8-5-2/h16-17,19-20,23-26,29,31,36,39,52H,4-15,18,21-22,27-28,30,32-35,37-38,40-51H2,1-3H3/b19-16-,20-17-,25-23-,26-24-,31-29-,39-36-. The molecule has 0 aromatic rings. The summed E-state index contributed by atoms with van der Waals surface area (Å²) in [6.07, 6.45) is 61.7. The number of hydrogen-bond donors (Lipinski definition) is 0. The Morgan fingerprint density at radius 3 is 1.02 bits per heavy atom. The van der Waals surface area contributed by atoms with Gasteiger partial charge in [0, 0.05) is 19.3 Å². The Hall–Kier alpha value is -3.15. The van der Waals surface area contributed by atoms with Crippen molar-refractivity contribution in [3.05, 3.63) is 72.9 Å². The van der Waals surface area contributed by atoms with Crippen molar-refractivity contribution < 1.29 is 28.6 Å². The van der Waals surface area contributed by atoms with Crippen LogP contribution in [0.25, 0.3) is 0 Å². The maximum atomic E-state index is 12.8. The molecule has 0 aromatic heterocycles. The smallest absolute Gasteiger partial charge is 0.306 e. The molecule has 0 amide bonds. The van der Waals surface area contributed by atoms with Gasteiger partial charge < -0.3 is 14.2 Å². The van der Waals surface area contributed by atoms with Crippen LogP contribution in [-0.4, -0.2) is 37.2 Å². The zero-order chi connectivity index (χ0) is 44.4. The number of esters is 3. The van der Waals surface area contributed by atoms with E-state index in [1.807, 2.05) is 0 Å². The lowest BCUT2D eigenvalue weighted by Gasteiger charge is -2.18. The summed E-state index contributed by atoms with van der Waals surface area (Å²) in [6.45, 7) is 6.51. The van der Waals surface area contributed by atoms with Crippen LogP contribution < -0.4 is 0 Å². The summed E-state index contributed by atoms with van der Waals surface area (Å²) in [6, 6.07) is 0. The Labute approximate surface area is 376 Å². The monoisotopic (exact) mass is 851 g/mol. The van der Waals surface area contributed by atoms with Crippen molar-refractivity contribution in [2.24, 2.45) is 0 Å². The third-order valence-corrected chi connectivity index (χ3v) is 10.7. The van der Waals surface area contributed by atoms with Gasteiger partial charge in [0.25, 0.3) is 0 Å². The molecular weight excluding hydrogens is 757 g/mol. The largest absolute Gasteiger partial charge is 0.462 e. The minimum atomic E-state index is -0.798. The molecule has 0 N–H and O–H groups in total. The Morgan fingerprint density at radius 2 is 0.607 bits per heavy atom. The SMILES string of the molecule is CCCCC/C=C\C/C=C\C/C=C\C/C=C\CCCC(=O)OCC(COC(=O)CCCCCCCCCCC)OC(=O)CCCCCCCCC/C=C\C/C=C\CCCCC. The minimum absolute atomic E-state index is 0.0948. The summed E-state index contributed by atoms with van der Waals surface area (Å²) in [5.41, 5.74) is 0. The fourth-order valence-corrected chi connectivity index (χ4v) is 6.82. The van der Waals surface area contributed by atoms with Crippen molar-refractivity contribution in [3.63, 3.8) is 0 Å². The van der Waals surface area contributed by atoms with Gasteiger partial charge in [0.1, 0.15) is 13.2 Å². The van der Waals surface area contributed by atoms with Gasteiger partial charge >= 0.3 is 17.9 Å². The number of rotatable bonds is 45. The highest BCUT2D eigenvalue weighted by molar-refractivity contribution is 5.71. The van der Waals surface area contributed by atoms with Crippen molar-refractivity contribution >= 4 is 17.9 Å². The molecule has 0 aliphatic rings. The van der Waals surface area contributed by atoms with E-state index in [1.54, 1.807) is 0 Å². The molecule has 0 radical (unpaired) electrons. The maximum absolute atomic E-state index is 12.8. The fraction of sp³-hybridized carbons (Fsp3) is 0.727. The Kier molecular flexibility index (Phi) is 46.9. The molecule has 0 rings (SSSR count). The van der Waals surface area contributed by atoms with Crippen LogP contribution in [0.5, 0.6) is 0 Å². The molecule has 1 atom stereocenters. The van der Waals surface area contributed by atoms with E-state index in [2.05, 4.69) is 93.7 Å². The van der Waals surface area contributed by atoms with Gasteiger partial charge in [0.2, 0.25) is 0 Å². The molecule has 0 aliphatic heterocycles. The molecule has 6 nitrogen and oxygen atoms in total. The van der Waals surface area contributed by atoms with E-state index >= 15 is 0 Å². The lowest BCUT2D eigenvalue weighted by atomic mass is 10.1. The van der Waals surface area contributed by atoms with Crippen LogP contribution in [0, 0.1) is 0 Å². The molecule has 61 heavy (non-hydrogen) atoms. The molecule has 6 heteroatoms. The summed E-state index contributed by atoms with van der Waals surface area (Å²) in [5, 5.41) is 0. The van der Waals surface area contributed by atoms with E-state index in [9.17, 15) is 14.4 Å². The summed E-state index contributed by atoms with van der Waals surface area (Å²) in [4.78, 5) is 37.8. The topological polar surface area (TPSA) is 78.9 Å². The molecule has 0 heterocycles. The third kappa shape index (κ3) is 47.7. The number of unbranched alkanes of at least 4 members (excludes halogenated alkanes) is 22. The van der Waals surface area contributed by atoms with Crippen molar-refractivity contribution in [3.8, 4) is 0 Å². The van der Waals surface area contributed by atoms with E-state index in [0.29, 0.717) is 19.3 Å². The predicted molar refractivity (Wildman–Crippen MR) is 261 cm³/mol. The normalized spacial score (nSPS) is 12.6. The highest BCUT2D eigenvalue weighted by Crippen LogP contribution is 2.14. The average molecular weight is 851 g/mol. The first-order valence-electron chi connectivity index (χ1n) is 25.4. The van der Waals surface area contributed by atoms with Gasteiger partial charge in [0.15, 0.2) is 6.10 Å². The molecule has 0 bridgehead atoms. The Morgan fingerprint density at radius 1 is 0.328 bits per heavy atom. The number of hydrogen-bond acceptors (Lipinski definition) is 6. The molecule has 0 saturated carbocycles. The first-order valence-corrected chi connectivity index (χ1v) is 25.4. The van der Waals surface area contributed by atoms with E-state index in [1.165, 1.54) is 116 Å². The van der Waals surface area contributed by atoms with Gasteiger partial charge in [-0.3, -0.25) is 14.4 Å². The van der Waals surface area contributed by atoms with Crippen LogP contribution in [0.3, 0.4) is 0 Å². The molecule has 0 fully saturated rings. The molecule has 350 valence electrons. The van der Waals surface area contributed by atoms with Crippen molar-refractivity contribution in [2.45, 2.75) is 245 Å². The van der Waals surface area contributed by atoms with E-state index in [0.717, 1.165) is 77.0 Å². The first kappa shape index (κ1) is 57.9. The summed E-state index contributed by atoms with van der Waals surface area (Å²) >= 11 is 0. The number of carbonyl (C=O) groups is 3. The summed E-state index contributed by atoms with van der Waals surface area (Å²) in [7, 11) is 0. The zero-order valence-corrected chi connectivity index (χ0v) is 39.9. The van der Waals surface area contributed by atoms with Gasteiger partial charge in [-0.15, -0.1) is 0 Å². The molecule has 0 saturated heterocycles. The van der Waals surface area contributed by atoms with Crippen LogP contribution >= 0.6 is 0 Å². The number of carbonyl (C=O) groups excluding carboxylic acids is 3. The Bertz CT molecular complexity index is 1160. The van der Waals surface area contributed by atoms with Crippen LogP contribution in [-0.2, 0) is 28.6 Å². The van der Waals surface area contributed by atoms with Crippen molar-refractivity contribution in [2.75, 3.05) is 13.2 Å². The van der Waals surface area contributed by atoms with Crippen molar-refractivity contribution in [1.29, 1.82) is 0 Å².